The summed E-state index contributed by atoms with van der Waals surface area (Å²) in [4.78, 5) is 30.5. The lowest BCUT2D eigenvalue weighted by atomic mass is 10.2. The zero-order chi connectivity index (χ0) is 22.5. The van der Waals surface area contributed by atoms with Crippen LogP contribution < -0.4 is 14.4 Å². The number of halogens is 1. The third-order valence-corrected chi connectivity index (χ3v) is 6.49. The van der Waals surface area contributed by atoms with Crippen molar-refractivity contribution in [1.29, 1.82) is 0 Å². The van der Waals surface area contributed by atoms with Crippen LogP contribution in [0.5, 0.6) is 11.9 Å². The molecule has 0 aliphatic carbocycles. The molecule has 31 heavy (non-hydrogen) atoms. The Morgan fingerprint density at radius 3 is 2.48 bits per heavy atom. The van der Waals surface area contributed by atoms with Gasteiger partial charge < -0.3 is 14.4 Å². The van der Waals surface area contributed by atoms with Gasteiger partial charge >= 0.3 is 6.01 Å². The highest BCUT2D eigenvalue weighted by molar-refractivity contribution is 7.22. The monoisotopic (exact) mass is 463 g/mol. The highest BCUT2D eigenvalue weighted by atomic mass is 35.5. The van der Waals surface area contributed by atoms with E-state index >= 15 is 0 Å². The standard InChI is InChI=1S/C21H26ClN5O3S/c1-6-26(7-2)10-11-27(19(28)15-12-17(29-4)24-20(23-15)30-5)21-25-18-13(3)14(22)8-9-16(18)31-21/h8-9,12H,6-7,10-11H2,1-5H3. The smallest absolute Gasteiger partial charge is 0.320 e. The number of hydrogen-bond donors (Lipinski definition) is 0. The second-order valence-corrected chi connectivity index (χ2v) is 8.20. The van der Waals surface area contributed by atoms with E-state index < -0.39 is 0 Å². The number of nitrogens with zero attached hydrogens (tertiary/aromatic N) is 5. The molecule has 0 saturated heterocycles. The van der Waals surface area contributed by atoms with Crippen molar-refractivity contribution in [2.75, 3.05) is 45.3 Å². The summed E-state index contributed by atoms with van der Waals surface area (Å²) < 4.78 is 11.3. The Labute approximate surface area is 190 Å². The Kier molecular flexibility index (Phi) is 7.64. The predicted octanol–water partition coefficient (Wildman–Crippen LogP) is 4.05. The molecule has 0 radical (unpaired) electrons. The van der Waals surface area contributed by atoms with Crippen LogP contribution in [0.2, 0.25) is 5.02 Å². The van der Waals surface area contributed by atoms with Crippen molar-refractivity contribution in [1.82, 2.24) is 19.9 Å². The molecule has 166 valence electrons. The van der Waals surface area contributed by atoms with E-state index in [0.29, 0.717) is 23.2 Å². The fraction of sp³-hybridized carbons (Fsp3) is 0.429. The Bertz CT molecular complexity index is 1050. The Morgan fingerprint density at radius 1 is 1.10 bits per heavy atom. The number of thiazole rings is 1. The average Bonchev–Trinajstić information content (AvgIpc) is 3.23. The normalized spacial score (nSPS) is 11.2. The molecular formula is C21H26ClN5O3S. The van der Waals surface area contributed by atoms with Crippen LogP contribution in [0, 0.1) is 6.92 Å². The quantitative estimate of drug-likeness (QED) is 0.473. The van der Waals surface area contributed by atoms with E-state index in [9.17, 15) is 4.79 Å². The van der Waals surface area contributed by atoms with E-state index in [4.69, 9.17) is 26.1 Å². The molecule has 2 aromatic heterocycles. The number of ether oxygens (including phenoxy) is 2. The van der Waals surface area contributed by atoms with E-state index in [1.54, 1.807) is 4.90 Å². The number of carbonyl (C=O) groups excluding carboxylic acids is 1. The van der Waals surface area contributed by atoms with Gasteiger partial charge in [-0.05, 0) is 37.7 Å². The van der Waals surface area contributed by atoms with E-state index in [-0.39, 0.29) is 23.5 Å². The van der Waals surface area contributed by atoms with Crippen molar-refractivity contribution in [3.8, 4) is 11.9 Å². The van der Waals surface area contributed by atoms with Gasteiger partial charge in [0.1, 0.15) is 5.69 Å². The number of rotatable bonds is 9. The Balaban J connectivity index is 2.04. The second-order valence-electron chi connectivity index (χ2n) is 6.78. The minimum Gasteiger partial charge on any atom is -0.481 e. The van der Waals surface area contributed by atoms with Crippen LogP contribution >= 0.6 is 22.9 Å². The maximum absolute atomic E-state index is 13.5. The Hall–Kier alpha value is -2.49. The topological polar surface area (TPSA) is 80.7 Å². The first-order valence-electron chi connectivity index (χ1n) is 9.98. The van der Waals surface area contributed by atoms with Gasteiger partial charge in [-0.2, -0.15) is 9.97 Å². The minimum absolute atomic E-state index is 0.0679. The maximum Gasteiger partial charge on any atom is 0.320 e. The van der Waals surface area contributed by atoms with Crippen molar-refractivity contribution in [2.45, 2.75) is 20.8 Å². The number of benzene rings is 1. The molecule has 10 heteroatoms. The molecule has 2 heterocycles. The van der Waals surface area contributed by atoms with Crippen molar-refractivity contribution < 1.29 is 14.3 Å². The summed E-state index contributed by atoms with van der Waals surface area (Å²) in [5, 5.41) is 1.24. The van der Waals surface area contributed by atoms with Crippen LogP contribution in [0.25, 0.3) is 10.2 Å². The lowest BCUT2D eigenvalue weighted by Gasteiger charge is -2.24. The summed E-state index contributed by atoms with van der Waals surface area (Å²) in [6, 6.07) is 5.35. The number of likely N-dealkylation sites (N-methyl/N-ethyl adjacent to an activating group) is 1. The number of carbonyl (C=O) groups is 1. The first-order valence-corrected chi connectivity index (χ1v) is 11.2. The molecule has 8 nitrogen and oxygen atoms in total. The third kappa shape index (κ3) is 5.06. The molecule has 0 atom stereocenters. The molecule has 3 aromatic rings. The molecule has 0 spiro atoms. The lowest BCUT2D eigenvalue weighted by Crippen LogP contribution is -2.39. The van der Waals surface area contributed by atoms with Gasteiger partial charge in [0.05, 0.1) is 24.4 Å². The molecule has 0 N–H and O–H groups in total. The van der Waals surface area contributed by atoms with E-state index in [0.717, 1.165) is 28.9 Å². The maximum atomic E-state index is 13.5. The van der Waals surface area contributed by atoms with Crippen molar-refractivity contribution in [2.24, 2.45) is 0 Å². The van der Waals surface area contributed by atoms with Gasteiger partial charge in [0.2, 0.25) is 5.88 Å². The number of aromatic nitrogens is 3. The van der Waals surface area contributed by atoms with E-state index in [2.05, 4.69) is 28.7 Å². The van der Waals surface area contributed by atoms with E-state index in [1.807, 2.05) is 19.1 Å². The molecule has 0 saturated carbocycles. The largest absolute Gasteiger partial charge is 0.481 e. The van der Waals surface area contributed by atoms with Crippen molar-refractivity contribution in [3.63, 3.8) is 0 Å². The second kappa shape index (κ2) is 10.2. The number of methoxy groups -OCH3 is 2. The summed E-state index contributed by atoms with van der Waals surface area (Å²) >= 11 is 7.72. The van der Waals surface area contributed by atoms with E-state index in [1.165, 1.54) is 31.6 Å². The van der Waals surface area contributed by atoms with Crippen LogP contribution in [0.1, 0.15) is 29.9 Å². The summed E-state index contributed by atoms with van der Waals surface area (Å²) in [7, 11) is 2.93. The van der Waals surface area contributed by atoms with Crippen LogP contribution in [-0.4, -0.2) is 66.2 Å². The first kappa shape index (κ1) is 23.2. The van der Waals surface area contributed by atoms with Gasteiger partial charge in [-0.15, -0.1) is 0 Å². The van der Waals surface area contributed by atoms with Gasteiger partial charge in [0.15, 0.2) is 5.13 Å². The van der Waals surface area contributed by atoms with Crippen LogP contribution in [0.3, 0.4) is 0 Å². The number of fused-ring (bicyclic) bond motifs is 1. The molecule has 1 amide bonds. The SMILES string of the molecule is CCN(CC)CCN(C(=O)c1cc(OC)nc(OC)n1)c1nc2c(C)c(Cl)ccc2s1. The summed E-state index contributed by atoms with van der Waals surface area (Å²) in [6.45, 7) is 9.06. The molecule has 0 unspecified atom stereocenters. The number of anilines is 1. The van der Waals surface area contributed by atoms with Gasteiger partial charge in [0.25, 0.3) is 5.91 Å². The number of amides is 1. The predicted molar refractivity (Wildman–Crippen MR) is 124 cm³/mol. The van der Waals surface area contributed by atoms with Gasteiger partial charge in [-0.25, -0.2) is 4.98 Å². The van der Waals surface area contributed by atoms with Gasteiger partial charge in [0, 0.05) is 24.2 Å². The first-order chi connectivity index (χ1) is 14.9. The molecule has 0 aliphatic heterocycles. The zero-order valence-corrected chi connectivity index (χ0v) is 19.9. The zero-order valence-electron chi connectivity index (χ0n) is 18.3. The lowest BCUT2D eigenvalue weighted by molar-refractivity contribution is 0.0977. The van der Waals surface area contributed by atoms with Crippen molar-refractivity contribution >= 4 is 44.2 Å². The fourth-order valence-corrected chi connectivity index (χ4v) is 4.32. The van der Waals surface area contributed by atoms with Crippen LogP contribution in [0.15, 0.2) is 18.2 Å². The highest BCUT2D eigenvalue weighted by Crippen LogP contribution is 2.34. The third-order valence-electron chi connectivity index (χ3n) is 5.04. The fourth-order valence-electron chi connectivity index (χ4n) is 3.12. The molecule has 1 aromatic carbocycles. The summed E-state index contributed by atoms with van der Waals surface area (Å²) in [5.74, 6) is -0.0419. The van der Waals surface area contributed by atoms with Crippen molar-refractivity contribution in [3.05, 3.63) is 34.5 Å². The molecule has 3 rings (SSSR count). The number of aryl methyl sites for hydroxylation is 1. The average molecular weight is 464 g/mol. The highest BCUT2D eigenvalue weighted by Gasteiger charge is 2.25. The molecular weight excluding hydrogens is 438 g/mol. The van der Waals surface area contributed by atoms with Gasteiger partial charge in [-0.1, -0.05) is 36.8 Å². The summed E-state index contributed by atoms with van der Waals surface area (Å²) in [6.07, 6.45) is 0. The Morgan fingerprint density at radius 2 is 1.84 bits per heavy atom. The molecule has 0 bridgehead atoms. The molecule has 0 aliphatic rings. The van der Waals surface area contributed by atoms with Crippen LogP contribution in [-0.2, 0) is 0 Å². The van der Waals surface area contributed by atoms with Gasteiger partial charge in [-0.3, -0.25) is 9.69 Å². The van der Waals surface area contributed by atoms with Crippen LogP contribution in [0.4, 0.5) is 5.13 Å². The molecule has 0 fully saturated rings. The minimum atomic E-state index is -0.297. The number of hydrogen-bond acceptors (Lipinski definition) is 8. The summed E-state index contributed by atoms with van der Waals surface area (Å²) in [5.41, 5.74) is 1.87.